The Morgan fingerprint density at radius 3 is 1.22 bits per heavy atom. The van der Waals surface area contributed by atoms with Crippen LogP contribution in [0.15, 0.2) is 0 Å². The molecule has 0 fully saturated rings. The summed E-state index contributed by atoms with van der Waals surface area (Å²) in [7, 11) is 4.55. The molecule has 0 heterocycles. The van der Waals surface area contributed by atoms with Gasteiger partial charge in [0.25, 0.3) is 0 Å². The molecule has 2 nitrogen and oxygen atoms in total. The van der Waals surface area contributed by atoms with E-state index in [-0.39, 0.29) is 0 Å². The van der Waals surface area contributed by atoms with E-state index in [2.05, 4.69) is 37.7 Å². The zero-order valence-electron chi connectivity index (χ0n) is 16.9. The molecule has 0 aliphatic heterocycles. The van der Waals surface area contributed by atoms with Crippen molar-refractivity contribution in [1.29, 1.82) is 0 Å². The summed E-state index contributed by atoms with van der Waals surface area (Å²) in [6.45, 7) is 9.62. The van der Waals surface area contributed by atoms with Gasteiger partial charge in [0, 0.05) is 0 Å². The Bertz CT molecular complexity index is 218. The smallest absolute Gasteiger partial charge is 0.000960 e. The summed E-state index contributed by atoms with van der Waals surface area (Å²) in [4.78, 5) is 5.01. The van der Waals surface area contributed by atoms with Gasteiger partial charge in [-0.2, -0.15) is 0 Å². The second-order valence-corrected chi connectivity index (χ2v) is 7.50. The van der Waals surface area contributed by atoms with Gasteiger partial charge in [-0.15, -0.1) is 0 Å². The number of nitrogens with zero attached hydrogens (tertiary/aromatic N) is 2. The van der Waals surface area contributed by atoms with E-state index < -0.39 is 0 Å². The first kappa shape index (κ1) is 22.9. The minimum absolute atomic E-state index is 1.25. The second kappa shape index (κ2) is 18.3. The average molecular weight is 327 g/mol. The summed E-state index contributed by atoms with van der Waals surface area (Å²) in [5.41, 5.74) is 0. The maximum atomic E-state index is 2.53. The van der Waals surface area contributed by atoms with Gasteiger partial charge in [-0.05, 0) is 59.5 Å². The predicted octanol–water partition coefficient (Wildman–Crippen LogP) is 5.96. The maximum absolute atomic E-state index is 2.53. The topological polar surface area (TPSA) is 6.48 Å². The van der Waals surface area contributed by atoms with Crippen LogP contribution in [0.25, 0.3) is 0 Å². The van der Waals surface area contributed by atoms with E-state index >= 15 is 0 Å². The summed E-state index contributed by atoms with van der Waals surface area (Å²) in [6, 6.07) is 0. The van der Waals surface area contributed by atoms with Crippen LogP contribution in [0.1, 0.15) is 97.3 Å². The summed E-state index contributed by atoms with van der Waals surface area (Å²) in [6.07, 6.45) is 18.3. The number of hydrogen-bond donors (Lipinski definition) is 0. The van der Waals surface area contributed by atoms with Crippen molar-refractivity contribution < 1.29 is 0 Å². The molecule has 0 spiro atoms. The van der Waals surface area contributed by atoms with Gasteiger partial charge in [0.15, 0.2) is 0 Å². The third-order valence-electron chi connectivity index (χ3n) is 4.87. The third kappa shape index (κ3) is 18.1. The molecule has 0 saturated heterocycles. The molecule has 0 rings (SSSR count). The molecular formula is C21H46N2. The Hall–Kier alpha value is -0.0800. The average Bonchev–Trinajstić information content (AvgIpc) is 2.54. The molecule has 0 N–H and O–H groups in total. The van der Waals surface area contributed by atoms with E-state index in [1.807, 2.05) is 0 Å². The zero-order valence-corrected chi connectivity index (χ0v) is 16.9. The lowest BCUT2D eigenvalue weighted by atomic mass is 10.1. The number of rotatable bonds is 18. The molecule has 0 amide bonds. The Balaban J connectivity index is 3.22. The first-order valence-electron chi connectivity index (χ1n) is 10.6. The highest BCUT2D eigenvalue weighted by Crippen LogP contribution is 2.10. The fraction of sp³-hybridized carbons (Fsp3) is 1.00. The van der Waals surface area contributed by atoms with E-state index in [9.17, 15) is 0 Å². The van der Waals surface area contributed by atoms with E-state index in [1.54, 1.807) is 0 Å². The first-order chi connectivity index (χ1) is 11.2. The van der Waals surface area contributed by atoms with Gasteiger partial charge < -0.3 is 9.80 Å². The van der Waals surface area contributed by atoms with Crippen molar-refractivity contribution in [3.05, 3.63) is 0 Å². The standard InChI is InChI=1S/C21H46N2/c1-5-7-9-10-11-12-13-14-15-16-19-23(4)21-17-20-22(3)18-8-6-2/h5-21H2,1-4H3. The van der Waals surface area contributed by atoms with Crippen molar-refractivity contribution in [2.45, 2.75) is 97.3 Å². The van der Waals surface area contributed by atoms with Crippen LogP contribution in [0, 0.1) is 0 Å². The van der Waals surface area contributed by atoms with Crippen molar-refractivity contribution in [1.82, 2.24) is 9.80 Å². The highest BCUT2D eigenvalue weighted by atomic mass is 15.1. The molecule has 2 heteroatoms. The minimum atomic E-state index is 1.25. The van der Waals surface area contributed by atoms with Crippen molar-refractivity contribution in [2.75, 3.05) is 40.3 Å². The minimum Gasteiger partial charge on any atom is -0.306 e. The summed E-state index contributed by atoms with van der Waals surface area (Å²) >= 11 is 0. The van der Waals surface area contributed by atoms with Crippen molar-refractivity contribution >= 4 is 0 Å². The lowest BCUT2D eigenvalue weighted by molar-refractivity contribution is 0.272. The van der Waals surface area contributed by atoms with Crippen LogP contribution >= 0.6 is 0 Å². The molecule has 0 aromatic rings. The Morgan fingerprint density at radius 1 is 0.391 bits per heavy atom. The maximum Gasteiger partial charge on any atom is -0.000960 e. The third-order valence-corrected chi connectivity index (χ3v) is 4.87. The molecule has 0 radical (unpaired) electrons. The first-order valence-corrected chi connectivity index (χ1v) is 10.6. The van der Waals surface area contributed by atoms with Gasteiger partial charge in [-0.25, -0.2) is 0 Å². The molecule has 0 aromatic carbocycles. The van der Waals surface area contributed by atoms with Gasteiger partial charge in [-0.1, -0.05) is 78.1 Å². The number of unbranched alkanes of at least 4 members (excludes halogenated alkanes) is 10. The molecule has 0 aliphatic carbocycles. The molecule has 140 valence electrons. The van der Waals surface area contributed by atoms with Crippen LogP contribution in [-0.4, -0.2) is 50.1 Å². The SMILES string of the molecule is CCCCCCCCCCCCN(C)CCCN(C)CCCC. The Labute approximate surface area is 148 Å². The highest BCUT2D eigenvalue weighted by Gasteiger charge is 2.01. The quantitative estimate of drug-likeness (QED) is 0.287. The van der Waals surface area contributed by atoms with Crippen LogP contribution in [0.5, 0.6) is 0 Å². The normalized spacial score (nSPS) is 11.7. The van der Waals surface area contributed by atoms with Gasteiger partial charge >= 0.3 is 0 Å². The van der Waals surface area contributed by atoms with Gasteiger partial charge in [-0.3, -0.25) is 0 Å². The van der Waals surface area contributed by atoms with Crippen LogP contribution in [0.4, 0.5) is 0 Å². The van der Waals surface area contributed by atoms with Crippen LogP contribution in [-0.2, 0) is 0 Å². The lowest BCUT2D eigenvalue weighted by Crippen LogP contribution is -2.27. The molecule has 0 bridgehead atoms. The van der Waals surface area contributed by atoms with Crippen LogP contribution in [0.3, 0.4) is 0 Å². The van der Waals surface area contributed by atoms with Crippen molar-refractivity contribution in [2.24, 2.45) is 0 Å². The second-order valence-electron chi connectivity index (χ2n) is 7.50. The molecule has 0 saturated carbocycles. The molecule has 0 unspecified atom stereocenters. The molecule has 0 aliphatic rings. The van der Waals surface area contributed by atoms with E-state index in [0.29, 0.717) is 0 Å². The van der Waals surface area contributed by atoms with Gasteiger partial charge in [0.05, 0.1) is 0 Å². The van der Waals surface area contributed by atoms with E-state index in [1.165, 1.54) is 110 Å². The van der Waals surface area contributed by atoms with E-state index in [4.69, 9.17) is 0 Å². The fourth-order valence-corrected chi connectivity index (χ4v) is 3.13. The molecule has 23 heavy (non-hydrogen) atoms. The Morgan fingerprint density at radius 2 is 0.739 bits per heavy atom. The molecule has 0 atom stereocenters. The molecule has 0 aromatic heterocycles. The lowest BCUT2D eigenvalue weighted by Gasteiger charge is -2.20. The van der Waals surface area contributed by atoms with Crippen LogP contribution in [0.2, 0.25) is 0 Å². The molecular weight excluding hydrogens is 280 g/mol. The number of hydrogen-bond acceptors (Lipinski definition) is 2. The van der Waals surface area contributed by atoms with Gasteiger partial charge in [0.1, 0.15) is 0 Å². The van der Waals surface area contributed by atoms with Gasteiger partial charge in [0.2, 0.25) is 0 Å². The predicted molar refractivity (Wildman–Crippen MR) is 106 cm³/mol. The largest absolute Gasteiger partial charge is 0.306 e. The Kier molecular flexibility index (Phi) is 18.2. The van der Waals surface area contributed by atoms with Crippen LogP contribution < -0.4 is 0 Å². The fourth-order valence-electron chi connectivity index (χ4n) is 3.13. The van der Waals surface area contributed by atoms with Crippen molar-refractivity contribution in [3.63, 3.8) is 0 Å². The van der Waals surface area contributed by atoms with Crippen molar-refractivity contribution in [3.8, 4) is 0 Å². The monoisotopic (exact) mass is 326 g/mol. The summed E-state index contributed by atoms with van der Waals surface area (Å²) < 4.78 is 0. The summed E-state index contributed by atoms with van der Waals surface area (Å²) in [5, 5.41) is 0. The summed E-state index contributed by atoms with van der Waals surface area (Å²) in [5.74, 6) is 0. The highest BCUT2D eigenvalue weighted by molar-refractivity contribution is 4.57. The van der Waals surface area contributed by atoms with E-state index in [0.717, 1.165) is 0 Å². The zero-order chi connectivity index (χ0) is 17.2.